The Bertz CT molecular complexity index is 1430. The normalized spacial score (nSPS) is 18.4. The number of H-pyrrole nitrogens is 1. The van der Waals surface area contributed by atoms with Crippen LogP contribution in [0.25, 0.3) is 10.9 Å². The molecule has 1 aliphatic carbocycles. The van der Waals surface area contributed by atoms with Crippen LogP contribution in [0, 0.1) is 13.8 Å². The van der Waals surface area contributed by atoms with E-state index in [9.17, 15) is 4.79 Å². The molecular weight excluding hydrogens is 462 g/mol. The molecule has 2 aromatic carbocycles. The molecule has 2 aliphatic rings. The summed E-state index contributed by atoms with van der Waals surface area (Å²) in [5.74, 6) is 0.786. The molecule has 6 rings (SSSR count). The number of rotatable bonds is 5. The number of aromatic amines is 1. The predicted octanol–water partition coefficient (Wildman–Crippen LogP) is 4.55. The second-order valence-corrected chi connectivity index (χ2v) is 10.6. The zero-order chi connectivity index (χ0) is 25.4. The molecule has 8 heteroatoms. The molecule has 3 heterocycles. The molecule has 0 radical (unpaired) electrons. The van der Waals surface area contributed by atoms with Gasteiger partial charge in [-0.3, -0.25) is 9.69 Å². The van der Waals surface area contributed by atoms with Crippen molar-refractivity contribution in [3.05, 3.63) is 81.4 Å². The predicted molar refractivity (Wildman–Crippen MR) is 146 cm³/mol. The summed E-state index contributed by atoms with van der Waals surface area (Å²) in [6, 6.07) is 16.8. The second kappa shape index (κ2) is 10.1. The third kappa shape index (κ3) is 4.55. The first kappa shape index (κ1) is 23.9. The smallest absolute Gasteiger partial charge is 0.253 e. The molecule has 2 fully saturated rings. The van der Waals surface area contributed by atoms with Crippen molar-refractivity contribution < 1.29 is 0 Å². The molecule has 4 aromatic rings. The van der Waals surface area contributed by atoms with Crippen LogP contribution in [-0.4, -0.2) is 56.3 Å². The highest BCUT2D eigenvalue weighted by atomic mass is 16.1. The summed E-state index contributed by atoms with van der Waals surface area (Å²) >= 11 is 0. The quantitative estimate of drug-likeness (QED) is 0.436. The molecule has 1 aliphatic heterocycles. The van der Waals surface area contributed by atoms with E-state index in [0.717, 1.165) is 66.9 Å². The van der Waals surface area contributed by atoms with Crippen molar-refractivity contribution in [3.63, 3.8) is 0 Å². The number of piperazine rings is 1. The highest BCUT2D eigenvalue weighted by Gasteiger charge is 2.34. The topological polar surface area (TPSA) is 82.9 Å². The maximum Gasteiger partial charge on any atom is 0.253 e. The molecule has 1 saturated heterocycles. The Labute approximate surface area is 217 Å². The van der Waals surface area contributed by atoms with Crippen LogP contribution < -0.4 is 10.5 Å². The van der Waals surface area contributed by atoms with Crippen molar-refractivity contribution in [1.29, 1.82) is 0 Å². The number of tetrazole rings is 1. The summed E-state index contributed by atoms with van der Waals surface area (Å²) in [5.41, 5.74) is 5.09. The maximum absolute atomic E-state index is 13.7. The Morgan fingerprint density at radius 1 is 0.946 bits per heavy atom. The van der Waals surface area contributed by atoms with E-state index in [1.807, 2.05) is 4.68 Å². The number of nitrogens with zero attached hydrogens (tertiary/aromatic N) is 6. The van der Waals surface area contributed by atoms with Gasteiger partial charge in [-0.25, -0.2) is 4.68 Å². The van der Waals surface area contributed by atoms with Crippen molar-refractivity contribution in [3.8, 4) is 0 Å². The van der Waals surface area contributed by atoms with E-state index < -0.39 is 0 Å². The Hall–Kier alpha value is -3.52. The van der Waals surface area contributed by atoms with Crippen molar-refractivity contribution in [1.82, 2.24) is 30.1 Å². The van der Waals surface area contributed by atoms with Gasteiger partial charge in [-0.1, -0.05) is 49.6 Å². The van der Waals surface area contributed by atoms with Gasteiger partial charge in [0, 0.05) is 37.4 Å². The molecule has 1 N–H and O–H groups in total. The zero-order valence-corrected chi connectivity index (χ0v) is 21.7. The lowest BCUT2D eigenvalue weighted by Crippen LogP contribution is -2.49. The van der Waals surface area contributed by atoms with Crippen molar-refractivity contribution in [2.24, 2.45) is 0 Å². The van der Waals surface area contributed by atoms with Gasteiger partial charge in [-0.15, -0.1) is 5.10 Å². The molecule has 0 amide bonds. The fourth-order valence-electron chi connectivity index (χ4n) is 6.09. The lowest BCUT2D eigenvalue weighted by atomic mass is 9.94. The summed E-state index contributed by atoms with van der Waals surface area (Å²) < 4.78 is 2.03. The number of pyridine rings is 1. The molecule has 1 atom stereocenters. The van der Waals surface area contributed by atoms with Gasteiger partial charge in [0.25, 0.3) is 5.56 Å². The van der Waals surface area contributed by atoms with Gasteiger partial charge in [0.2, 0.25) is 0 Å². The van der Waals surface area contributed by atoms with Gasteiger partial charge in [0.1, 0.15) is 6.04 Å². The van der Waals surface area contributed by atoms with Crippen LogP contribution in [0.3, 0.4) is 0 Å². The van der Waals surface area contributed by atoms with Crippen LogP contribution in [0.1, 0.15) is 66.7 Å². The highest BCUT2D eigenvalue weighted by Crippen LogP contribution is 2.34. The third-order valence-electron chi connectivity index (χ3n) is 8.36. The standard InChI is InChI=1S/C29H35N7O/c1-20-13-14-22-19-25(29(37)30-26(22)21(20)2)27(28-31-32-33-36(28)24-11-7-4-8-12-24)35-17-15-34(16-18-35)23-9-5-3-6-10-23/h3,5-6,9-10,13-14,19,24,27H,4,7-8,11-12,15-18H2,1-2H3,(H,30,37). The molecule has 0 bridgehead atoms. The van der Waals surface area contributed by atoms with Gasteiger partial charge in [0.15, 0.2) is 5.82 Å². The lowest BCUT2D eigenvalue weighted by molar-refractivity contribution is 0.192. The van der Waals surface area contributed by atoms with Crippen LogP contribution in [0.4, 0.5) is 5.69 Å². The third-order valence-corrected chi connectivity index (χ3v) is 8.36. The fourth-order valence-corrected chi connectivity index (χ4v) is 6.09. The zero-order valence-electron chi connectivity index (χ0n) is 21.7. The number of hydrogen-bond donors (Lipinski definition) is 1. The van der Waals surface area contributed by atoms with E-state index >= 15 is 0 Å². The van der Waals surface area contributed by atoms with Crippen LogP contribution in [-0.2, 0) is 0 Å². The number of nitrogens with one attached hydrogen (secondary N) is 1. The fraction of sp³-hybridized carbons (Fsp3) is 0.448. The summed E-state index contributed by atoms with van der Waals surface area (Å²) in [5, 5.41) is 14.2. The van der Waals surface area contributed by atoms with Crippen LogP contribution in [0.5, 0.6) is 0 Å². The largest absolute Gasteiger partial charge is 0.369 e. The van der Waals surface area contributed by atoms with Crippen LogP contribution >= 0.6 is 0 Å². The van der Waals surface area contributed by atoms with E-state index in [4.69, 9.17) is 0 Å². The molecule has 8 nitrogen and oxygen atoms in total. The van der Waals surface area contributed by atoms with Crippen molar-refractivity contribution >= 4 is 16.6 Å². The van der Waals surface area contributed by atoms with Gasteiger partial charge in [0.05, 0.1) is 11.6 Å². The minimum Gasteiger partial charge on any atom is -0.369 e. The van der Waals surface area contributed by atoms with Gasteiger partial charge < -0.3 is 9.88 Å². The minimum atomic E-state index is -0.301. The SMILES string of the molecule is Cc1ccc2cc(C(c3nnnn3C3CCCCC3)N3CCN(c4ccccc4)CC3)c(=O)[nH]c2c1C. The molecule has 0 spiro atoms. The molecular formula is C29H35N7O. The monoisotopic (exact) mass is 497 g/mol. The Morgan fingerprint density at radius 3 is 2.46 bits per heavy atom. The molecule has 192 valence electrons. The Morgan fingerprint density at radius 2 is 1.70 bits per heavy atom. The molecule has 2 aromatic heterocycles. The first-order valence-corrected chi connectivity index (χ1v) is 13.5. The first-order chi connectivity index (χ1) is 18.1. The highest BCUT2D eigenvalue weighted by molar-refractivity contribution is 5.83. The summed E-state index contributed by atoms with van der Waals surface area (Å²) in [7, 11) is 0. The lowest BCUT2D eigenvalue weighted by Gasteiger charge is -2.40. The first-order valence-electron chi connectivity index (χ1n) is 13.5. The van der Waals surface area contributed by atoms with E-state index in [1.165, 1.54) is 30.5 Å². The summed E-state index contributed by atoms with van der Waals surface area (Å²) in [6.07, 6.45) is 5.82. The maximum atomic E-state index is 13.7. The van der Waals surface area contributed by atoms with E-state index in [0.29, 0.717) is 0 Å². The van der Waals surface area contributed by atoms with Crippen molar-refractivity contribution in [2.75, 3.05) is 31.1 Å². The number of anilines is 1. The van der Waals surface area contributed by atoms with Crippen molar-refractivity contribution in [2.45, 2.75) is 58.0 Å². The average Bonchev–Trinajstić information content (AvgIpc) is 3.43. The van der Waals surface area contributed by atoms with E-state index in [-0.39, 0.29) is 17.6 Å². The van der Waals surface area contributed by atoms with Crippen LogP contribution in [0.2, 0.25) is 0 Å². The van der Waals surface area contributed by atoms with Gasteiger partial charge >= 0.3 is 0 Å². The molecule has 1 unspecified atom stereocenters. The number of para-hydroxylation sites is 1. The Balaban J connectivity index is 1.41. The van der Waals surface area contributed by atoms with Gasteiger partial charge in [-0.05, 0) is 71.8 Å². The average molecular weight is 498 g/mol. The number of fused-ring (bicyclic) bond motifs is 1. The minimum absolute atomic E-state index is 0.0603. The van der Waals surface area contributed by atoms with Crippen LogP contribution in [0.15, 0.2) is 53.3 Å². The number of benzene rings is 2. The van der Waals surface area contributed by atoms with E-state index in [1.54, 1.807) is 0 Å². The van der Waals surface area contributed by atoms with E-state index in [2.05, 4.69) is 92.7 Å². The molecule has 1 saturated carbocycles. The molecule has 37 heavy (non-hydrogen) atoms. The second-order valence-electron chi connectivity index (χ2n) is 10.6. The van der Waals surface area contributed by atoms with Gasteiger partial charge in [-0.2, -0.15) is 0 Å². The number of aryl methyl sites for hydroxylation is 2. The Kier molecular flexibility index (Phi) is 6.50. The summed E-state index contributed by atoms with van der Waals surface area (Å²) in [6.45, 7) is 7.55. The number of aromatic nitrogens is 5. The number of hydrogen-bond acceptors (Lipinski definition) is 6. The summed E-state index contributed by atoms with van der Waals surface area (Å²) in [4.78, 5) is 21.7.